The number of aromatic nitrogens is 2. The van der Waals surface area contributed by atoms with E-state index in [0.717, 1.165) is 16.8 Å². The lowest BCUT2D eigenvalue weighted by Crippen LogP contribution is -2.61. The molecule has 8 N–H and O–H groups in total. The van der Waals surface area contributed by atoms with Crippen LogP contribution in [0, 0.1) is 5.41 Å². The van der Waals surface area contributed by atoms with Gasteiger partial charge in [0.25, 0.3) is 0 Å². The molecule has 0 saturated carbocycles. The molecule has 3 rings (SSSR count). The van der Waals surface area contributed by atoms with Crippen molar-refractivity contribution in [3.63, 3.8) is 0 Å². The Kier molecular flexibility index (Phi) is 9.23. The Morgan fingerprint density at radius 3 is 2.47 bits per heavy atom. The number of carboxylic acid groups (broad SMARTS) is 1. The van der Waals surface area contributed by atoms with Crippen molar-refractivity contribution < 1.29 is 24.3 Å². The maximum atomic E-state index is 14.0. The second-order valence-corrected chi connectivity index (χ2v) is 10.7. The van der Waals surface area contributed by atoms with Gasteiger partial charge in [-0.05, 0) is 23.0 Å². The summed E-state index contributed by atoms with van der Waals surface area (Å²) < 4.78 is 0. The molecule has 0 bridgehead atoms. The maximum absolute atomic E-state index is 14.0. The van der Waals surface area contributed by atoms with Gasteiger partial charge in [0.2, 0.25) is 17.7 Å². The third-order valence-electron chi connectivity index (χ3n) is 6.70. The molecule has 0 aliphatic carbocycles. The number of hydrogen-bond donors (Lipinski definition) is 6. The Hall–Kier alpha value is -3.77. The number of nitrogens with one attached hydrogen (secondary N) is 3. The summed E-state index contributed by atoms with van der Waals surface area (Å²) in [5, 5.41) is 15.4. The van der Waals surface area contributed by atoms with Crippen molar-refractivity contribution in [2.24, 2.45) is 16.9 Å². The van der Waals surface area contributed by atoms with Crippen LogP contribution in [0.25, 0.3) is 0 Å². The maximum Gasteiger partial charge on any atom is 0.326 e. The molecule has 0 spiro atoms. The van der Waals surface area contributed by atoms with Crippen LogP contribution >= 0.6 is 0 Å². The number of amides is 3. The summed E-state index contributed by atoms with van der Waals surface area (Å²) in [5.41, 5.74) is 13.4. The van der Waals surface area contributed by atoms with Gasteiger partial charge in [-0.2, -0.15) is 0 Å². The second kappa shape index (κ2) is 12.2. The van der Waals surface area contributed by atoms with Crippen molar-refractivity contribution in [2.45, 2.75) is 70.7 Å². The van der Waals surface area contributed by atoms with Crippen LogP contribution in [0.4, 0.5) is 0 Å². The van der Waals surface area contributed by atoms with E-state index in [4.69, 9.17) is 11.5 Å². The van der Waals surface area contributed by atoms with Gasteiger partial charge in [0, 0.05) is 32.1 Å². The van der Waals surface area contributed by atoms with Crippen molar-refractivity contribution in [3.05, 3.63) is 53.6 Å². The number of aromatic amines is 1. The van der Waals surface area contributed by atoms with Gasteiger partial charge in [-0.1, -0.05) is 45.0 Å². The standard InChI is InChI=1S/C26H37N7O5/c1-26(2,3)22(30-11-17(27)19-12-29-14-31-19)24(36)33-13-16-7-5-4-6-15(16)10-20(33)23(35)32-18(25(37)38)8-9-21(28)34/h4-7,12,14,17-18,20,22,30H,8-11,13,27H2,1-3H3,(H2,28,34)(H,29,31)(H,32,35)(H,37,38)/t17-,18-,20?,22+/m0/s1. The van der Waals surface area contributed by atoms with Gasteiger partial charge in [0.05, 0.1) is 24.1 Å². The largest absolute Gasteiger partial charge is 0.480 e. The van der Waals surface area contributed by atoms with E-state index < -0.39 is 47.4 Å². The van der Waals surface area contributed by atoms with Gasteiger partial charge in [0.15, 0.2) is 0 Å². The zero-order valence-corrected chi connectivity index (χ0v) is 21.9. The molecule has 1 unspecified atom stereocenters. The first-order valence-electron chi connectivity index (χ1n) is 12.5. The Morgan fingerprint density at radius 2 is 1.89 bits per heavy atom. The Bertz CT molecular complexity index is 1150. The van der Waals surface area contributed by atoms with Crippen LogP contribution in [-0.4, -0.2) is 68.3 Å². The van der Waals surface area contributed by atoms with Crippen LogP contribution < -0.4 is 22.1 Å². The minimum atomic E-state index is -1.31. The Morgan fingerprint density at radius 1 is 1.21 bits per heavy atom. The van der Waals surface area contributed by atoms with Crippen molar-refractivity contribution >= 4 is 23.7 Å². The number of nitrogens with zero attached hydrogens (tertiary/aromatic N) is 2. The van der Waals surface area contributed by atoms with Crippen LogP contribution in [0.15, 0.2) is 36.8 Å². The lowest BCUT2D eigenvalue weighted by atomic mass is 9.84. The summed E-state index contributed by atoms with van der Waals surface area (Å²) in [5.74, 6) is -2.85. The highest BCUT2D eigenvalue weighted by Gasteiger charge is 2.42. The first kappa shape index (κ1) is 28.8. The lowest BCUT2D eigenvalue weighted by Gasteiger charge is -2.41. The van der Waals surface area contributed by atoms with E-state index in [1.807, 2.05) is 45.0 Å². The molecule has 4 atom stereocenters. The summed E-state index contributed by atoms with van der Waals surface area (Å²) in [7, 11) is 0. The highest BCUT2D eigenvalue weighted by Crippen LogP contribution is 2.28. The van der Waals surface area contributed by atoms with E-state index in [-0.39, 0.29) is 38.3 Å². The average molecular weight is 528 g/mol. The van der Waals surface area contributed by atoms with Crippen molar-refractivity contribution in [1.82, 2.24) is 25.5 Å². The summed E-state index contributed by atoms with van der Waals surface area (Å²) >= 11 is 0. The molecule has 1 aromatic carbocycles. The number of carbonyl (C=O) groups is 4. The number of carbonyl (C=O) groups excluding carboxylic acids is 3. The van der Waals surface area contributed by atoms with Crippen LogP contribution in [0.3, 0.4) is 0 Å². The van der Waals surface area contributed by atoms with Gasteiger partial charge < -0.3 is 37.1 Å². The predicted molar refractivity (Wildman–Crippen MR) is 139 cm³/mol. The fourth-order valence-corrected chi connectivity index (χ4v) is 4.55. The Labute approximate surface area is 221 Å². The van der Waals surface area contributed by atoms with E-state index in [1.165, 1.54) is 11.2 Å². The van der Waals surface area contributed by atoms with Crippen molar-refractivity contribution in [2.75, 3.05) is 6.54 Å². The van der Waals surface area contributed by atoms with Gasteiger partial charge >= 0.3 is 5.97 Å². The molecule has 206 valence electrons. The summed E-state index contributed by atoms with van der Waals surface area (Å²) in [6.45, 7) is 6.23. The van der Waals surface area contributed by atoms with E-state index in [2.05, 4.69) is 20.6 Å². The molecular weight excluding hydrogens is 490 g/mol. The third-order valence-corrected chi connectivity index (χ3v) is 6.70. The molecular formula is C26H37N7O5. The van der Waals surface area contributed by atoms with Gasteiger partial charge in [-0.3, -0.25) is 14.4 Å². The highest BCUT2D eigenvalue weighted by molar-refractivity contribution is 5.93. The molecule has 0 saturated heterocycles. The summed E-state index contributed by atoms with van der Waals surface area (Å²) in [4.78, 5) is 58.9. The predicted octanol–water partition coefficient (Wildman–Crippen LogP) is 0.202. The molecule has 0 radical (unpaired) electrons. The number of H-pyrrole nitrogens is 1. The van der Waals surface area contributed by atoms with Crippen LogP contribution in [-0.2, 0) is 32.1 Å². The van der Waals surface area contributed by atoms with Crippen LogP contribution in [0.1, 0.15) is 56.5 Å². The van der Waals surface area contributed by atoms with E-state index >= 15 is 0 Å². The van der Waals surface area contributed by atoms with Crippen molar-refractivity contribution in [1.29, 1.82) is 0 Å². The number of fused-ring (bicyclic) bond motifs is 1. The fraction of sp³-hybridized carbons (Fsp3) is 0.500. The van der Waals surface area contributed by atoms with E-state index in [1.54, 1.807) is 6.20 Å². The number of aliphatic carboxylic acids is 1. The molecule has 12 heteroatoms. The average Bonchev–Trinajstić information content (AvgIpc) is 3.39. The molecule has 1 aliphatic rings. The minimum absolute atomic E-state index is 0.147. The van der Waals surface area contributed by atoms with Crippen LogP contribution in [0.2, 0.25) is 0 Å². The zero-order chi connectivity index (χ0) is 28.0. The molecule has 2 aromatic rings. The molecule has 3 amide bonds. The van der Waals surface area contributed by atoms with Gasteiger partial charge in [0.1, 0.15) is 12.1 Å². The zero-order valence-electron chi connectivity index (χ0n) is 21.9. The SMILES string of the molecule is CC(C)(C)[C@H](NC[C@H](N)c1cnc[nH]1)C(=O)N1Cc2ccccc2CC1C(=O)N[C@@H](CCC(N)=O)C(=O)O. The third kappa shape index (κ3) is 7.17. The Balaban J connectivity index is 1.86. The topological polar surface area (TPSA) is 197 Å². The quantitative estimate of drug-likeness (QED) is 0.238. The number of benzene rings is 1. The highest BCUT2D eigenvalue weighted by atomic mass is 16.4. The molecule has 0 fully saturated rings. The van der Waals surface area contributed by atoms with E-state index in [0.29, 0.717) is 0 Å². The first-order valence-corrected chi connectivity index (χ1v) is 12.5. The number of imidazole rings is 1. The molecule has 12 nitrogen and oxygen atoms in total. The van der Waals surface area contributed by atoms with Crippen molar-refractivity contribution in [3.8, 4) is 0 Å². The number of carboxylic acids is 1. The first-order chi connectivity index (χ1) is 17.9. The second-order valence-electron chi connectivity index (χ2n) is 10.7. The molecule has 1 aromatic heterocycles. The number of primary amides is 1. The number of nitrogens with two attached hydrogens (primary N) is 2. The van der Waals surface area contributed by atoms with Gasteiger partial charge in [-0.25, -0.2) is 9.78 Å². The monoisotopic (exact) mass is 527 g/mol. The minimum Gasteiger partial charge on any atom is -0.480 e. The number of rotatable bonds is 11. The lowest BCUT2D eigenvalue weighted by molar-refractivity contribution is -0.147. The van der Waals surface area contributed by atoms with Crippen LogP contribution in [0.5, 0.6) is 0 Å². The summed E-state index contributed by atoms with van der Waals surface area (Å²) in [6, 6.07) is 4.14. The van der Waals surface area contributed by atoms with Gasteiger partial charge in [-0.15, -0.1) is 0 Å². The number of hydrogen-bond acceptors (Lipinski definition) is 7. The normalized spacial score (nSPS) is 17.7. The molecule has 1 aliphatic heterocycles. The fourth-order valence-electron chi connectivity index (χ4n) is 4.55. The smallest absolute Gasteiger partial charge is 0.326 e. The molecule has 38 heavy (non-hydrogen) atoms. The van der Waals surface area contributed by atoms with E-state index in [9.17, 15) is 24.3 Å². The molecule has 2 heterocycles. The summed E-state index contributed by atoms with van der Waals surface area (Å²) in [6.07, 6.45) is 3.04.